The summed E-state index contributed by atoms with van der Waals surface area (Å²) in [5.41, 5.74) is 1.19. The summed E-state index contributed by atoms with van der Waals surface area (Å²) in [5, 5.41) is 3.44. The van der Waals surface area contributed by atoms with Gasteiger partial charge in [-0.2, -0.15) is 4.31 Å². The maximum Gasteiger partial charge on any atom is 0.252 e. The largest absolute Gasteiger partial charge is 0.379 e. The number of carbonyl (C=O) groups excluding carboxylic acids is 1. The summed E-state index contributed by atoms with van der Waals surface area (Å²) in [4.78, 5) is 29.5. The van der Waals surface area contributed by atoms with Crippen molar-refractivity contribution in [1.82, 2.24) is 14.6 Å². The van der Waals surface area contributed by atoms with E-state index in [0.29, 0.717) is 24.1 Å². The Morgan fingerprint density at radius 3 is 2.73 bits per heavy atom. The van der Waals surface area contributed by atoms with E-state index in [4.69, 9.17) is 4.74 Å². The number of morpholine rings is 1. The lowest BCUT2D eigenvalue weighted by Crippen LogP contribution is -2.40. The van der Waals surface area contributed by atoms with E-state index in [2.05, 4.69) is 10.3 Å². The van der Waals surface area contributed by atoms with E-state index in [-0.39, 0.29) is 29.6 Å². The van der Waals surface area contributed by atoms with Crippen LogP contribution < -0.4 is 10.9 Å². The van der Waals surface area contributed by atoms with Crippen LogP contribution in [0.1, 0.15) is 28.4 Å². The summed E-state index contributed by atoms with van der Waals surface area (Å²) in [6.45, 7) is 1.24. The van der Waals surface area contributed by atoms with Gasteiger partial charge in [0, 0.05) is 40.7 Å². The molecule has 8 nitrogen and oxygen atoms in total. The zero-order valence-electron chi connectivity index (χ0n) is 17.7. The van der Waals surface area contributed by atoms with Crippen molar-refractivity contribution >= 4 is 38.6 Å². The number of carbonyl (C=O) groups is 1. The molecule has 10 heteroatoms. The van der Waals surface area contributed by atoms with Gasteiger partial charge in [0.05, 0.1) is 29.7 Å². The Hall–Kier alpha value is -2.66. The molecule has 1 amide bonds. The van der Waals surface area contributed by atoms with Gasteiger partial charge in [-0.25, -0.2) is 8.42 Å². The zero-order chi connectivity index (χ0) is 23.0. The molecule has 3 aromatic rings. The van der Waals surface area contributed by atoms with Gasteiger partial charge in [-0.3, -0.25) is 9.59 Å². The third-order valence-corrected chi connectivity index (χ3v) is 8.95. The Labute approximate surface area is 195 Å². The SMILES string of the molecule is O=C(N[C@@H]1CCSc2ccccc21)c1cc(=O)[nH]c2ccc(S(=O)(=O)N3CCOCC3)cc12. The number of thioether (sulfide) groups is 1. The second-order valence-corrected chi connectivity index (χ2v) is 11.0. The molecule has 3 heterocycles. The fourth-order valence-electron chi connectivity index (χ4n) is 4.25. The third kappa shape index (κ3) is 4.31. The fourth-order valence-corrected chi connectivity index (χ4v) is 6.81. The summed E-state index contributed by atoms with van der Waals surface area (Å²) >= 11 is 1.75. The zero-order valence-corrected chi connectivity index (χ0v) is 19.4. The number of rotatable bonds is 4. The normalized spacial score (nSPS) is 19.2. The van der Waals surface area contributed by atoms with Crippen LogP contribution in [0.5, 0.6) is 0 Å². The molecule has 1 fully saturated rings. The number of hydrogen-bond acceptors (Lipinski definition) is 6. The monoisotopic (exact) mass is 485 g/mol. The van der Waals surface area contributed by atoms with Crippen molar-refractivity contribution in [3.63, 3.8) is 0 Å². The molecule has 172 valence electrons. The summed E-state index contributed by atoms with van der Waals surface area (Å²) in [7, 11) is -3.75. The number of hydrogen-bond donors (Lipinski definition) is 2. The minimum absolute atomic E-state index is 0.0809. The van der Waals surface area contributed by atoms with Crippen LogP contribution in [0.15, 0.2) is 63.1 Å². The molecule has 1 atom stereocenters. The van der Waals surface area contributed by atoms with Crippen molar-refractivity contribution in [1.29, 1.82) is 0 Å². The molecule has 2 N–H and O–H groups in total. The average Bonchev–Trinajstić information content (AvgIpc) is 2.84. The van der Waals surface area contributed by atoms with Crippen LogP contribution in [0.25, 0.3) is 10.9 Å². The predicted octanol–water partition coefficient (Wildman–Crippen LogP) is 2.52. The van der Waals surface area contributed by atoms with Gasteiger partial charge in [0.15, 0.2) is 0 Å². The minimum atomic E-state index is -3.75. The maximum absolute atomic E-state index is 13.3. The highest BCUT2D eigenvalue weighted by Gasteiger charge is 2.28. The standard InChI is InChI=1S/C23H23N3O5S2/c27-22-14-18(23(28)25-20-7-12-32-21-4-2-1-3-16(20)21)17-13-15(5-6-19(17)24-22)33(29,30)26-8-10-31-11-9-26/h1-6,13-14,20H,7-12H2,(H,24,27)(H,25,28)/t20-/m1/s1. The lowest BCUT2D eigenvalue weighted by atomic mass is 10.0. The molecule has 0 unspecified atom stereocenters. The number of aromatic nitrogens is 1. The number of benzene rings is 2. The number of nitrogens with zero attached hydrogens (tertiary/aromatic N) is 1. The van der Waals surface area contributed by atoms with Crippen LogP contribution in [0.4, 0.5) is 0 Å². The number of H-pyrrole nitrogens is 1. The lowest BCUT2D eigenvalue weighted by Gasteiger charge is -2.26. The first kappa shape index (κ1) is 22.1. The molecule has 0 aliphatic carbocycles. The first-order chi connectivity index (χ1) is 15.9. The van der Waals surface area contributed by atoms with Crippen LogP contribution >= 0.6 is 11.8 Å². The Bertz CT molecular complexity index is 1380. The van der Waals surface area contributed by atoms with Gasteiger partial charge in [0.2, 0.25) is 15.6 Å². The molecule has 0 saturated carbocycles. The molecule has 0 radical (unpaired) electrons. The molecule has 1 saturated heterocycles. The molecular formula is C23H23N3O5S2. The topological polar surface area (TPSA) is 109 Å². The molecular weight excluding hydrogens is 462 g/mol. The van der Waals surface area contributed by atoms with Crippen molar-refractivity contribution in [3.8, 4) is 0 Å². The van der Waals surface area contributed by atoms with Crippen molar-refractivity contribution < 1.29 is 17.9 Å². The van der Waals surface area contributed by atoms with Crippen LogP contribution in [0.2, 0.25) is 0 Å². The average molecular weight is 486 g/mol. The molecule has 0 bridgehead atoms. The van der Waals surface area contributed by atoms with Crippen LogP contribution in [-0.4, -0.2) is 55.7 Å². The van der Waals surface area contributed by atoms with E-state index < -0.39 is 21.5 Å². The first-order valence-electron chi connectivity index (χ1n) is 10.7. The first-order valence-corrected chi connectivity index (χ1v) is 13.1. The highest BCUT2D eigenvalue weighted by molar-refractivity contribution is 7.99. The van der Waals surface area contributed by atoms with Gasteiger partial charge in [0.1, 0.15) is 0 Å². The number of pyridine rings is 1. The summed E-state index contributed by atoms with van der Waals surface area (Å²) in [6, 6.07) is 13.4. The van der Waals surface area contributed by atoms with Crippen molar-refractivity contribution in [2.45, 2.75) is 22.3 Å². The van der Waals surface area contributed by atoms with Gasteiger partial charge >= 0.3 is 0 Å². The van der Waals surface area contributed by atoms with Crippen LogP contribution in [-0.2, 0) is 14.8 Å². The third-order valence-electron chi connectivity index (χ3n) is 5.93. The van der Waals surface area contributed by atoms with Gasteiger partial charge in [-0.15, -0.1) is 11.8 Å². The second kappa shape index (κ2) is 8.94. The number of amides is 1. The molecule has 5 rings (SSSR count). The molecule has 33 heavy (non-hydrogen) atoms. The Kier molecular flexibility index (Phi) is 6.00. The molecule has 2 aromatic carbocycles. The van der Waals surface area contributed by atoms with Gasteiger partial charge < -0.3 is 15.0 Å². The molecule has 1 aromatic heterocycles. The number of ether oxygens (including phenoxy) is 1. The van der Waals surface area contributed by atoms with Gasteiger partial charge in [-0.05, 0) is 36.2 Å². The predicted molar refractivity (Wildman–Crippen MR) is 126 cm³/mol. The van der Waals surface area contributed by atoms with E-state index in [0.717, 1.165) is 22.6 Å². The Balaban J connectivity index is 1.52. The quantitative estimate of drug-likeness (QED) is 0.588. The number of aromatic amines is 1. The Morgan fingerprint density at radius 1 is 1.12 bits per heavy atom. The van der Waals surface area contributed by atoms with Crippen molar-refractivity contribution in [2.75, 3.05) is 32.1 Å². The van der Waals surface area contributed by atoms with E-state index in [1.807, 2.05) is 24.3 Å². The van der Waals surface area contributed by atoms with Crippen LogP contribution in [0.3, 0.4) is 0 Å². The Morgan fingerprint density at radius 2 is 1.91 bits per heavy atom. The lowest BCUT2D eigenvalue weighted by molar-refractivity contribution is 0.0730. The second-order valence-electron chi connectivity index (χ2n) is 7.97. The molecule has 0 spiro atoms. The smallest absolute Gasteiger partial charge is 0.252 e. The number of fused-ring (bicyclic) bond motifs is 2. The fraction of sp³-hybridized carbons (Fsp3) is 0.304. The van der Waals surface area contributed by atoms with Gasteiger partial charge in [-0.1, -0.05) is 18.2 Å². The maximum atomic E-state index is 13.3. The highest BCUT2D eigenvalue weighted by atomic mass is 32.2. The highest BCUT2D eigenvalue weighted by Crippen LogP contribution is 2.36. The summed E-state index contributed by atoms with van der Waals surface area (Å²) in [5.74, 6) is 0.471. The van der Waals surface area contributed by atoms with E-state index in [9.17, 15) is 18.0 Å². The van der Waals surface area contributed by atoms with E-state index in [1.54, 1.807) is 11.8 Å². The van der Waals surface area contributed by atoms with E-state index in [1.165, 1.54) is 28.6 Å². The van der Waals surface area contributed by atoms with E-state index >= 15 is 0 Å². The minimum Gasteiger partial charge on any atom is -0.379 e. The van der Waals surface area contributed by atoms with Crippen LogP contribution in [0, 0.1) is 0 Å². The van der Waals surface area contributed by atoms with Gasteiger partial charge in [0.25, 0.3) is 5.91 Å². The summed E-state index contributed by atoms with van der Waals surface area (Å²) < 4.78 is 32.9. The summed E-state index contributed by atoms with van der Waals surface area (Å²) in [6.07, 6.45) is 0.769. The number of sulfonamides is 1. The number of nitrogens with one attached hydrogen (secondary N) is 2. The molecule has 2 aliphatic rings. The molecule has 2 aliphatic heterocycles. The van der Waals surface area contributed by atoms with Crippen molar-refractivity contribution in [3.05, 3.63) is 70.0 Å². The van der Waals surface area contributed by atoms with Crippen molar-refractivity contribution in [2.24, 2.45) is 0 Å².